The van der Waals surface area contributed by atoms with Gasteiger partial charge in [-0.15, -0.1) is 0 Å². The van der Waals surface area contributed by atoms with Crippen LogP contribution >= 0.6 is 0 Å². The topological polar surface area (TPSA) is 44.4 Å². The number of nitrogens with one attached hydrogen (secondary N) is 2. The lowest BCUT2D eigenvalue weighted by Crippen LogP contribution is -2.39. The van der Waals surface area contributed by atoms with Crippen LogP contribution in [-0.2, 0) is 0 Å². The fourth-order valence-corrected chi connectivity index (χ4v) is 2.79. The van der Waals surface area contributed by atoms with E-state index in [4.69, 9.17) is 0 Å². The van der Waals surface area contributed by atoms with Gasteiger partial charge in [0.25, 0.3) is 0 Å². The van der Waals surface area contributed by atoms with Crippen molar-refractivity contribution in [2.45, 2.75) is 31.7 Å². The van der Waals surface area contributed by atoms with Crippen LogP contribution in [0.5, 0.6) is 0 Å². The van der Waals surface area contributed by atoms with Crippen molar-refractivity contribution in [2.24, 2.45) is 0 Å². The van der Waals surface area contributed by atoms with E-state index in [-0.39, 0.29) is 6.03 Å². The number of benzene rings is 1. The molecule has 4 heteroatoms. The Morgan fingerprint density at radius 1 is 1.20 bits per heavy atom. The number of urea groups is 1. The predicted molar refractivity (Wildman–Crippen MR) is 81.9 cm³/mol. The SMILES string of the molecule is CC1CCC(NCCNC(=O)N(C)C)c2ccccc21. The van der Waals surface area contributed by atoms with E-state index in [0.29, 0.717) is 18.5 Å². The minimum atomic E-state index is -0.0375. The molecule has 0 saturated heterocycles. The second-order valence-corrected chi connectivity index (χ2v) is 5.74. The Labute approximate surface area is 121 Å². The Kier molecular flexibility index (Phi) is 5.01. The summed E-state index contributed by atoms with van der Waals surface area (Å²) in [4.78, 5) is 13.0. The summed E-state index contributed by atoms with van der Waals surface area (Å²) in [5.41, 5.74) is 2.89. The van der Waals surface area contributed by atoms with Crippen molar-refractivity contribution in [1.29, 1.82) is 0 Å². The third kappa shape index (κ3) is 3.51. The van der Waals surface area contributed by atoms with Gasteiger partial charge in [0.1, 0.15) is 0 Å². The lowest BCUT2D eigenvalue weighted by Gasteiger charge is -2.30. The summed E-state index contributed by atoms with van der Waals surface area (Å²) in [6.45, 7) is 3.75. The number of carbonyl (C=O) groups excluding carboxylic acids is 1. The third-order valence-electron chi connectivity index (χ3n) is 3.99. The highest BCUT2D eigenvalue weighted by atomic mass is 16.2. The van der Waals surface area contributed by atoms with Gasteiger partial charge in [0.05, 0.1) is 0 Å². The zero-order valence-electron chi connectivity index (χ0n) is 12.6. The van der Waals surface area contributed by atoms with Crippen LogP contribution in [0.25, 0.3) is 0 Å². The molecule has 2 N–H and O–H groups in total. The molecule has 0 radical (unpaired) electrons. The number of rotatable bonds is 4. The maximum Gasteiger partial charge on any atom is 0.316 e. The van der Waals surface area contributed by atoms with Crippen LogP contribution in [0.3, 0.4) is 0 Å². The summed E-state index contributed by atoms with van der Waals surface area (Å²) in [5.74, 6) is 0.651. The molecule has 1 aromatic rings. The number of fused-ring (bicyclic) bond motifs is 1. The molecule has 20 heavy (non-hydrogen) atoms. The van der Waals surface area contributed by atoms with Crippen LogP contribution in [0, 0.1) is 0 Å². The molecular formula is C16H25N3O. The van der Waals surface area contributed by atoms with Gasteiger partial charge in [0, 0.05) is 33.2 Å². The standard InChI is InChI=1S/C16H25N3O/c1-12-8-9-15(14-7-5-4-6-13(12)14)17-10-11-18-16(20)19(2)3/h4-7,12,15,17H,8-11H2,1-3H3,(H,18,20). The smallest absolute Gasteiger partial charge is 0.316 e. The molecule has 2 atom stereocenters. The molecule has 110 valence electrons. The van der Waals surface area contributed by atoms with Crippen molar-refractivity contribution in [3.8, 4) is 0 Å². The average Bonchev–Trinajstić information content (AvgIpc) is 2.45. The Hall–Kier alpha value is -1.55. The molecule has 1 aliphatic rings. The molecule has 1 aromatic carbocycles. The quantitative estimate of drug-likeness (QED) is 0.829. The Bertz CT molecular complexity index is 459. The minimum Gasteiger partial charge on any atom is -0.337 e. The predicted octanol–water partition coefficient (Wildman–Crippen LogP) is 2.49. The molecule has 0 aromatic heterocycles. The van der Waals surface area contributed by atoms with E-state index in [1.54, 1.807) is 19.0 Å². The Balaban J connectivity index is 1.86. The summed E-state index contributed by atoms with van der Waals surface area (Å²) in [6.07, 6.45) is 2.39. The van der Waals surface area contributed by atoms with Crippen molar-refractivity contribution in [1.82, 2.24) is 15.5 Å². The first-order valence-electron chi connectivity index (χ1n) is 7.37. The van der Waals surface area contributed by atoms with Gasteiger partial charge in [-0.1, -0.05) is 31.2 Å². The number of nitrogens with zero attached hydrogens (tertiary/aromatic N) is 1. The molecule has 0 heterocycles. The molecule has 2 rings (SSSR count). The van der Waals surface area contributed by atoms with Crippen molar-refractivity contribution in [3.63, 3.8) is 0 Å². The van der Waals surface area contributed by atoms with E-state index in [9.17, 15) is 4.79 Å². The maximum atomic E-state index is 11.4. The molecule has 1 aliphatic carbocycles. The van der Waals surface area contributed by atoms with Crippen LogP contribution in [0.4, 0.5) is 4.79 Å². The maximum absolute atomic E-state index is 11.4. The monoisotopic (exact) mass is 275 g/mol. The van der Waals surface area contributed by atoms with E-state index in [2.05, 4.69) is 41.8 Å². The molecule has 0 aliphatic heterocycles. The largest absolute Gasteiger partial charge is 0.337 e. The van der Waals surface area contributed by atoms with Crippen LogP contribution in [0.15, 0.2) is 24.3 Å². The zero-order valence-corrected chi connectivity index (χ0v) is 12.6. The second-order valence-electron chi connectivity index (χ2n) is 5.74. The van der Waals surface area contributed by atoms with Crippen LogP contribution in [0.1, 0.15) is 42.9 Å². The number of hydrogen-bond acceptors (Lipinski definition) is 2. The second kappa shape index (κ2) is 6.75. The molecule has 2 amide bonds. The first-order valence-corrected chi connectivity index (χ1v) is 7.37. The van der Waals surface area contributed by atoms with Crippen molar-refractivity contribution < 1.29 is 4.79 Å². The van der Waals surface area contributed by atoms with Gasteiger partial charge in [-0.2, -0.15) is 0 Å². The van der Waals surface area contributed by atoms with Gasteiger partial charge >= 0.3 is 6.03 Å². The van der Waals surface area contributed by atoms with Gasteiger partial charge in [-0.05, 0) is 29.9 Å². The lowest BCUT2D eigenvalue weighted by molar-refractivity contribution is 0.217. The normalized spacial score (nSPS) is 21.1. The van der Waals surface area contributed by atoms with Crippen LogP contribution < -0.4 is 10.6 Å². The first-order chi connectivity index (χ1) is 9.59. The van der Waals surface area contributed by atoms with E-state index in [1.165, 1.54) is 24.0 Å². The van der Waals surface area contributed by atoms with Crippen molar-refractivity contribution in [2.75, 3.05) is 27.2 Å². The van der Waals surface area contributed by atoms with Gasteiger partial charge in [0.15, 0.2) is 0 Å². The van der Waals surface area contributed by atoms with Crippen molar-refractivity contribution in [3.05, 3.63) is 35.4 Å². The van der Waals surface area contributed by atoms with Crippen LogP contribution in [0.2, 0.25) is 0 Å². The molecule has 4 nitrogen and oxygen atoms in total. The molecule has 0 spiro atoms. The summed E-state index contributed by atoms with van der Waals surface area (Å²) >= 11 is 0. The van der Waals surface area contributed by atoms with Gasteiger partial charge < -0.3 is 15.5 Å². The average molecular weight is 275 g/mol. The number of amides is 2. The third-order valence-corrected chi connectivity index (χ3v) is 3.99. The van der Waals surface area contributed by atoms with Gasteiger partial charge in [-0.3, -0.25) is 0 Å². The summed E-state index contributed by atoms with van der Waals surface area (Å²) in [5, 5.41) is 6.44. The Morgan fingerprint density at radius 3 is 2.60 bits per heavy atom. The summed E-state index contributed by atoms with van der Waals surface area (Å²) < 4.78 is 0. The highest BCUT2D eigenvalue weighted by Crippen LogP contribution is 2.36. The first kappa shape index (κ1) is 14.9. The summed E-state index contributed by atoms with van der Waals surface area (Å²) in [7, 11) is 3.50. The lowest BCUT2D eigenvalue weighted by atomic mass is 9.81. The summed E-state index contributed by atoms with van der Waals surface area (Å²) in [6, 6.07) is 9.07. The molecule has 0 bridgehead atoms. The highest BCUT2D eigenvalue weighted by Gasteiger charge is 2.23. The minimum absolute atomic E-state index is 0.0375. The van der Waals surface area contributed by atoms with Gasteiger partial charge in [0.2, 0.25) is 0 Å². The van der Waals surface area contributed by atoms with Crippen LogP contribution in [-0.4, -0.2) is 38.1 Å². The van der Waals surface area contributed by atoms with E-state index >= 15 is 0 Å². The number of carbonyl (C=O) groups is 1. The van der Waals surface area contributed by atoms with E-state index in [0.717, 1.165) is 6.54 Å². The molecule has 2 unspecified atom stereocenters. The Morgan fingerprint density at radius 2 is 1.90 bits per heavy atom. The van der Waals surface area contributed by atoms with Gasteiger partial charge in [-0.25, -0.2) is 4.79 Å². The zero-order chi connectivity index (χ0) is 14.5. The highest BCUT2D eigenvalue weighted by molar-refractivity contribution is 5.73. The van der Waals surface area contributed by atoms with E-state index < -0.39 is 0 Å². The van der Waals surface area contributed by atoms with Crippen molar-refractivity contribution >= 4 is 6.03 Å². The fraction of sp³-hybridized carbons (Fsp3) is 0.562. The number of hydrogen-bond donors (Lipinski definition) is 2. The fourth-order valence-electron chi connectivity index (χ4n) is 2.79. The molecule has 0 saturated carbocycles. The van der Waals surface area contributed by atoms with E-state index in [1.807, 2.05) is 0 Å². The molecule has 0 fully saturated rings. The molecular weight excluding hydrogens is 250 g/mol.